The molecule has 0 amide bonds. The molecule has 66 valence electrons. The summed E-state index contributed by atoms with van der Waals surface area (Å²) in [6, 6.07) is 0. The Morgan fingerprint density at radius 3 is 2.54 bits per heavy atom. The van der Waals surface area contributed by atoms with Gasteiger partial charge in [0.1, 0.15) is 6.10 Å². The molecular weight excluding hydrogens is 164 g/mol. The molecule has 0 spiro atoms. The van der Waals surface area contributed by atoms with Gasteiger partial charge in [-0.2, -0.15) is 0 Å². The van der Waals surface area contributed by atoms with Crippen LogP contribution in [0.3, 0.4) is 0 Å². The van der Waals surface area contributed by atoms with Crippen LogP contribution in [0.5, 0.6) is 0 Å². The van der Waals surface area contributed by atoms with E-state index in [1.54, 1.807) is 0 Å². The molecule has 0 radical (unpaired) electrons. The molecule has 2 nitrogen and oxygen atoms in total. The minimum absolute atomic E-state index is 0.00287. The molecule has 1 saturated carbocycles. The lowest BCUT2D eigenvalue weighted by molar-refractivity contribution is -0.159. The molecule has 13 heavy (non-hydrogen) atoms. The second-order valence-electron chi connectivity index (χ2n) is 4.51. The molecule has 3 aliphatic heterocycles. The number of esters is 1. The molecule has 3 aliphatic carbocycles. The third kappa shape index (κ3) is 0.523. The first-order valence-electron chi connectivity index (χ1n) is 4.93. The lowest BCUT2D eigenvalue weighted by Crippen LogP contribution is -2.50. The Balaban J connectivity index is 1.96. The molecule has 3 heterocycles. The Morgan fingerprint density at radius 2 is 1.69 bits per heavy atom. The highest BCUT2D eigenvalue weighted by atomic mass is 16.5. The van der Waals surface area contributed by atoms with E-state index >= 15 is 0 Å². The molecule has 6 bridgehead atoms. The Labute approximate surface area is 76.3 Å². The summed E-state index contributed by atoms with van der Waals surface area (Å²) in [4.78, 5) is 11.6. The fourth-order valence-electron chi connectivity index (χ4n) is 3.52. The van der Waals surface area contributed by atoms with Crippen LogP contribution in [0, 0.1) is 29.6 Å². The molecule has 2 saturated heterocycles. The van der Waals surface area contributed by atoms with Crippen molar-refractivity contribution in [3.05, 3.63) is 24.3 Å². The number of hydrogen-bond donors (Lipinski definition) is 0. The van der Waals surface area contributed by atoms with Crippen molar-refractivity contribution in [2.24, 2.45) is 29.6 Å². The monoisotopic (exact) mass is 174 g/mol. The maximum atomic E-state index is 11.6. The molecule has 0 aromatic rings. The van der Waals surface area contributed by atoms with Gasteiger partial charge < -0.3 is 4.74 Å². The van der Waals surface area contributed by atoms with E-state index in [2.05, 4.69) is 24.3 Å². The van der Waals surface area contributed by atoms with Gasteiger partial charge in [-0.05, 0) is 11.8 Å². The Hall–Kier alpha value is -1.05. The van der Waals surface area contributed by atoms with Gasteiger partial charge >= 0.3 is 5.97 Å². The molecule has 6 aliphatic rings. The maximum Gasteiger partial charge on any atom is 0.313 e. The lowest BCUT2D eigenvalue weighted by Gasteiger charge is -2.47. The molecule has 3 fully saturated rings. The fraction of sp³-hybridized carbons (Fsp3) is 0.545. The van der Waals surface area contributed by atoms with Crippen molar-refractivity contribution in [2.45, 2.75) is 6.10 Å². The van der Waals surface area contributed by atoms with Crippen molar-refractivity contribution in [2.75, 3.05) is 0 Å². The number of hydrogen-bond acceptors (Lipinski definition) is 2. The van der Waals surface area contributed by atoms with Gasteiger partial charge in [-0.25, -0.2) is 0 Å². The third-order valence-corrected chi connectivity index (χ3v) is 4.13. The topological polar surface area (TPSA) is 26.3 Å². The van der Waals surface area contributed by atoms with E-state index < -0.39 is 0 Å². The maximum absolute atomic E-state index is 11.6. The van der Waals surface area contributed by atoms with Gasteiger partial charge in [0.2, 0.25) is 0 Å². The first kappa shape index (κ1) is 6.41. The van der Waals surface area contributed by atoms with Gasteiger partial charge in [-0.15, -0.1) is 0 Å². The van der Waals surface area contributed by atoms with E-state index in [1.807, 2.05) is 0 Å². The summed E-state index contributed by atoms with van der Waals surface area (Å²) in [6.45, 7) is 0. The van der Waals surface area contributed by atoms with Crippen molar-refractivity contribution >= 4 is 5.97 Å². The van der Waals surface area contributed by atoms with E-state index in [1.165, 1.54) is 0 Å². The van der Waals surface area contributed by atoms with Crippen LogP contribution in [-0.4, -0.2) is 12.1 Å². The van der Waals surface area contributed by atoms with Crippen LogP contribution in [0.1, 0.15) is 0 Å². The average Bonchev–Trinajstić information content (AvgIpc) is 2.38. The van der Waals surface area contributed by atoms with Crippen LogP contribution in [0.15, 0.2) is 24.3 Å². The lowest BCUT2D eigenvalue weighted by atomic mass is 9.57. The van der Waals surface area contributed by atoms with E-state index in [-0.39, 0.29) is 18.0 Å². The van der Waals surface area contributed by atoms with Crippen molar-refractivity contribution in [3.63, 3.8) is 0 Å². The molecule has 2 heteroatoms. The van der Waals surface area contributed by atoms with Crippen LogP contribution >= 0.6 is 0 Å². The average molecular weight is 174 g/mol. The molecule has 0 aromatic carbocycles. The normalized spacial score (nSPS) is 58.9. The molecule has 6 atom stereocenters. The van der Waals surface area contributed by atoms with Crippen molar-refractivity contribution in [1.29, 1.82) is 0 Å². The smallest absolute Gasteiger partial charge is 0.313 e. The van der Waals surface area contributed by atoms with E-state index in [4.69, 9.17) is 4.74 Å². The quantitative estimate of drug-likeness (QED) is 0.406. The summed E-state index contributed by atoms with van der Waals surface area (Å²) in [7, 11) is 0. The summed E-state index contributed by atoms with van der Waals surface area (Å²) in [5, 5.41) is 0. The summed E-state index contributed by atoms with van der Waals surface area (Å²) < 4.78 is 5.45. The number of rotatable bonds is 0. The van der Waals surface area contributed by atoms with E-state index in [0.717, 1.165) is 0 Å². The first-order chi connectivity index (χ1) is 6.36. The third-order valence-electron chi connectivity index (χ3n) is 4.13. The Kier molecular flexibility index (Phi) is 0.859. The van der Waals surface area contributed by atoms with Crippen LogP contribution < -0.4 is 0 Å². The minimum atomic E-state index is 0.00287. The van der Waals surface area contributed by atoms with Crippen LogP contribution in [0.4, 0.5) is 0 Å². The molecule has 6 rings (SSSR count). The number of ether oxygens (including phenoxy) is 1. The SMILES string of the molecule is O=C1O[C@H]2[C@H]3C=C[C@H]1[C@@H]1C=C[C@@H]2[C@H]31. The van der Waals surface area contributed by atoms with Gasteiger partial charge in [0, 0.05) is 11.8 Å². The number of allylic oxidation sites excluding steroid dienone is 1. The molecule has 0 N–H and O–H groups in total. The zero-order chi connectivity index (χ0) is 8.58. The summed E-state index contributed by atoms with van der Waals surface area (Å²) in [5.74, 6) is 2.22. The highest BCUT2D eigenvalue weighted by Crippen LogP contribution is 2.59. The fourth-order valence-corrected chi connectivity index (χ4v) is 3.52. The van der Waals surface area contributed by atoms with Crippen LogP contribution in [-0.2, 0) is 9.53 Å². The second-order valence-corrected chi connectivity index (χ2v) is 4.51. The van der Waals surface area contributed by atoms with Gasteiger partial charge in [-0.1, -0.05) is 24.3 Å². The zero-order valence-corrected chi connectivity index (χ0v) is 7.09. The molecular formula is C11H10O2. The molecule has 0 unspecified atom stereocenters. The Morgan fingerprint density at radius 1 is 1.00 bits per heavy atom. The highest BCUT2D eigenvalue weighted by molar-refractivity contribution is 5.77. The summed E-state index contributed by atoms with van der Waals surface area (Å²) >= 11 is 0. The predicted octanol–water partition coefficient (Wildman–Crippen LogP) is 1.15. The van der Waals surface area contributed by atoms with Crippen LogP contribution in [0.2, 0.25) is 0 Å². The highest BCUT2D eigenvalue weighted by Gasteiger charge is 2.62. The van der Waals surface area contributed by atoms with Crippen molar-refractivity contribution < 1.29 is 9.53 Å². The zero-order valence-electron chi connectivity index (χ0n) is 7.09. The van der Waals surface area contributed by atoms with Gasteiger partial charge in [0.25, 0.3) is 0 Å². The van der Waals surface area contributed by atoms with E-state index in [9.17, 15) is 4.79 Å². The number of carbonyl (C=O) groups is 1. The number of carbonyl (C=O) groups excluding carboxylic acids is 1. The minimum Gasteiger partial charge on any atom is -0.461 e. The molecule has 0 aromatic heterocycles. The summed E-state index contributed by atoms with van der Waals surface area (Å²) in [6.07, 6.45) is 8.91. The standard InChI is InChI=1S/C11H10O2/c12-11-6-2-4-8-9-5(6)1-3-7(9)10(8)13-11/h1-10H/t5-,6-,7+,8-,9+,10+/m0/s1. The largest absolute Gasteiger partial charge is 0.461 e. The second kappa shape index (κ2) is 1.74. The predicted molar refractivity (Wildman–Crippen MR) is 45.6 cm³/mol. The van der Waals surface area contributed by atoms with Gasteiger partial charge in [0.05, 0.1) is 5.92 Å². The van der Waals surface area contributed by atoms with Gasteiger partial charge in [0.15, 0.2) is 0 Å². The first-order valence-corrected chi connectivity index (χ1v) is 4.93. The van der Waals surface area contributed by atoms with Gasteiger partial charge in [-0.3, -0.25) is 4.79 Å². The summed E-state index contributed by atoms with van der Waals surface area (Å²) in [5.41, 5.74) is 0. The Bertz CT molecular complexity index is 355. The van der Waals surface area contributed by atoms with Crippen molar-refractivity contribution in [1.82, 2.24) is 0 Å². The van der Waals surface area contributed by atoms with Crippen LogP contribution in [0.25, 0.3) is 0 Å². The van der Waals surface area contributed by atoms with Crippen molar-refractivity contribution in [3.8, 4) is 0 Å². The van der Waals surface area contributed by atoms with E-state index in [0.29, 0.717) is 23.7 Å².